The van der Waals surface area contributed by atoms with Crippen LogP contribution < -0.4 is 5.56 Å². The average Bonchev–Trinajstić information content (AvgIpc) is 2.70. The molecule has 5 nitrogen and oxygen atoms in total. The number of hydrogen-bond donors (Lipinski definition) is 1. The summed E-state index contributed by atoms with van der Waals surface area (Å²) in [6, 6.07) is 21.4. The maximum absolute atomic E-state index is 13.2. The van der Waals surface area contributed by atoms with Crippen molar-refractivity contribution in [1.82, 2.24) is 9.55 Å². The van der Waals surface area contributed by atoms with Crippen LogP contribution in [0.25, 0.3) is 16.7 Å². The van der Waals surface area contributed by atoms with Crippen molar-refractivity contribution < 1.29 is 9.90 Å². The van der Waals surface area contributed by atoms with E-state index in [4.69, 9.17) is 0 Å². The first-order chi connectivity index (χ1) is 13.2. The van der Waals surface area contributed by atoms with Gasteiger partial charge in [-0.2, -0.15) is 0 Å². The molecule has 0 amide bonds. The quantitative estimate of drug-likeness (QED) is 0.568. The van der Waals surface area contributed by atoms with Crippen LogP contribution in [0.1, 0.15) is 15.9 Å². The number of carbonyl (C=O) groups excluding carboxylic acids is 1. The Morgan fingerprint density at radius 3 is 2.30 bits per heavy atom. The normalized spacial score (nSPS) is 10.8. The van der Waals surface area contributed by atoms with E-state index in [1.54, 1.807) is 42.6 Å². The molecule has 0 saturated carbocycles. The van der Waals surface area contributed by atoms with E-state index < -0.39 is 11.3 Å². The lowest BCUT2D eigenvalue weighted by Crippen LogP contribution is -2.27. The van der Waals surface area contributed by atoms with Gasteiger partial charge in [0, 0.05) is 12.6 Å². The first-order valence-corrected chi connectivity index (χ1v) is 8.52. The number of carbonyl (C=O) groups is 1. The molecule has 2 heterocycles. The van der Waals surface area contributed by atoms with E-state index in [0.29, 0.717) is 16.7 Å². The summed E-state index contributed by atoms with van der Waals surface area (Å²) in [4.78, 5) is 30.3. The predicted octanol–water partition coefficient (Wildman–Crippen LogP) is 3.52. The molecule has 27 heavy (non-hydrogen) atoms. The van der Waals surface area contributed by atoms with E-state index in [1.165, 1.54) is 4.57 Å². The summed E-state index contributed by atoms with van der Waals surface area (Å²) in [7, 11) is 0. The van der Waals surface area contributed by atoms with Crippen LogP contribution in [-0.4, -0.2) is 20.4 Å². The van der Waals surface area contributed by atoms with Crippen LogP contribution in [0.4, 0.5) is 0 Å². The van der Waals surface area contributed by atoms with Gasteiger partial charge in [-0.3, -0.25) is 14.2 Å². The molecule has 0 aliphatic carbocycles. The summed E-state index contributed by atoms with van der Waals surface area (Å²) in [6.07, 6.45) is 1.58. The number of rotatable bonds is 4. The summed E-state index contributed by atoms with van der Waals surface area (Å²) >= 11 is 0. The number of nitrogens with zero attached hydrogens (tertiary/aromatic N) is 2. The number of Topliss-reactive ketones (excluding diaryl/α,β-unsaturated/α-hetero) is 1. The SMILES string of the molecule is O=C(Cc1ccccc1)c1c(O)c2cccnc2n(-c2ccccc2)c1=O. The maximum atomic E-state index is 13.2. The van der Waals surface area contributed by atoms with Crippen molar-refractivity contribution in [2.75, 3.05) is 0 Å². The topological polar surface area (TPSA) is 72.2 Å². The molecule has 2 aromatic heterocycles. The minimum atomic E-state index is -0.578. The Labute approximate surface area is 155 Å². The summed E-state index contributed by atoms with van der Waals surface area (Å²) in [5.74, 6) is -0.754. The van der Waals surface area contributed by atoms with Crippen molar-refractivity contribution in [1.29, 1.82) is 0 Å². The lowest BCUT2D eigenvalue weighted by molar-refractivity contribution is 0.0989. The zero-order valence-electron chi connectivity index (χ0n) is 14.4. The minimum absolute atomic E-state index is 0.0319. The van der Waals surface area contributed by atoms with E-state index >= 15 is 0 Å². The number of ketones is 1. The van der Waals surface area contributed by atoms with Crippen LogP contribution in [0.15, 0.2) is 83.8 Å². The molecule has 0 aliphatic heterocycles. The van der Waals surface area contributed by atoms with E-state index in [1.807, 2.05) is 36.4 Å². The van der Waals surface area contributed by atoms with Crippen LogP contribution in [0.3, 0.4) is 0 Å². The fraction of sp³-hybridized carbons (Fsp3) is 0.0455. The lowest BCUT2D eigenvalue weighted by Gasteiger charge is -2.13. The second kappa shape index (κ2) is 6.88. The molecule has 0 saturated heterocycles. The first-order valence-electron chi connectivity index (χ1n) is 8.52. The van der Waals surface area contributed by atoms with Gasteiger partial charge in [0.1, 0.15) is 11.3 Å². The molecular weight excluding hydrogens is 340 g/mol. The van der Waals surface area contributed by atoms with E-state index in [2.05, 4.69) is 4.98 Å². The second-order valence-corrected chi connectivity index (χ2v) is 6.16. The van der Waals surface area contributed by atoms with Crippen LogP contribution in [0.5, 0.6) is 5.75 Å². The van der Waals surface area contributed by atoms with Gasteiger partial charge in [-0.25, -0.2) is 4.98 Å². The predicted molar refractivity (Wildman–Crippen MR) is 103 cm³/mol. The van der Waals surface area contributed by atoms with E-state index in [9.17, 15) is 14.7 Å². The molecule has 0 fully saturated rings. The van der Waals surface area contributed by atoms with Gasteiger partial charge in [0.15, 0.2) is 11.4 Å². The number of para-hydroxylation sites is 1. The molecule has 1 N–H and O–H groups in total. The molecule has 5 heteroatoms. The number of fused-ring (bicyclic) bond motifs is 1. The summed E-state index contributed by atoms with van der Waals surface area (Å²) < 4.78 is 1.37. The zero-order chi connectivity index (χ0) is 18.8. The molecule has 0 bridgehead atoms. The molecule has 2 aromatic carbocycles. The Balaban J connectivity index is 1.96. The lowest BCUT2D eigenvalue weighted by atomic mass is 10.0. The monoisotopic (exact) mass is 356 g/mol. The molecular formula is C22H16N2O3. The van der Waals surface area contributed by atoms with Crippen molar-refractivity contribution in [3.8, 4) is 11.4 Å². The molecule has 0 aliphatic rings. The highest BCUT2D eigenvalue weighted by Crippen LogP contribution is 2.27. The zero-order valence-corrected chi connectivity index (χ0v) is 14.4. The van der Waals surface area contributed by atoms with E-state index in [0.717, 1.165) is 5.56 Å². The number of benzene rings is 2. The Morgan fingerprint density at radius 1 is 0.926 bits per heavy atom. The third kappa shape index (κ3) is 3.00. The van der Waals surface area contributed by atoms with Crippen molar-refractivity contribution >= 4 is 16.8 Å². The van der Waals surface area contributed by atoms with Gasteiger partial charge < -0.3 is 5.11 Å². The highest BCUT2D eigenvalue weighted by atomic mass is 16.3. The summed E-state index contributed by atoms with van der Waals surface area (Å²) in [5, 5.41) is 11.0. The summed E-state index contributed by atoms with van der Waals surface area (Å²) in [6.45, 7) is 0. The number of aromatic hydroxyl groups is 1. The van der Waals surface area contributed by atoms with Gasteiger partial charge in [-0.1, -0.05) is 48.5 Å². The van der Waals surface area contributed by atoms with Crippen molar-refractivity contribution in [2.24, 2.45) is 0 Å². The van der Waals surface area contributed by atoms with Gasteiger partial charge in [-0.15, -0.1) is 0 Å². The molecule has 0 spiro atoms. The van der Waals surface area contributed by atoms with E-state index in [-0.39, 0.29) is 17.7 Å². The molecule has 0 radical (unpaired) electrons. The fourth-order valence-electron chi connectivity index (χ4n) is 3.14. The fourth-order valence-corrected chi connectivity index (χ4v) is 3.14. The number of pyridine rings is 2. The van der Waals surface area contributed by atoms with Crippen LogP contribution in [-0.2, 0) is 6.42 Å². The van der Waals surface area contributed by atoms with Crippen LogP contribution in [0, 0.1) is 0 Å². The Morgan fingerprint density at radius 2 is 1.59 bits per heavy atom. The van der Waals surface area contributed by atoms with Crippen LogP contribution >= 0.6 is 0 Å². The van der Waals surface area contributed by atoms with Crippen molar-refractivity contribution in [2.45, 2.75) is 6.42 Å². The Kier molecular flexibility index (Phi) is 4.26. The number of aromatic nitrogens is 2. The van der Waals surface area contributed by atoms with Gasteiger partial charge in [-0.05, 0) is 29.8 Å². The smallest absolute Gasteiger partial charge is 0.271 e. The standard InChI is InChI=1S/C22H16N2O3/c25-18(14-15-8-3-1-4-9-15)19-20(26)17-12-7-13-23-21(17)24(22(19)27)16-10-5-2-6-11-16/h1-13,26H,14H2. The Hall–Kier alpha value is -3.73. The third-order valence-corrected chi connectivity index (χ3v) is 4.41. The average molecular weight is 356 g/mol. The van der Waals surface area contributed by atoms with Crippen molar-refractivity contribution in [3.05, 3.63) is 100 Å². The molecule has 0 unspecified atom stereocenters. The number of hydrogen-bond acceptors (Lipinski definition) is 4. The maximum Gasteiger partial charge on any atom is 0.271 e. The van der Waals surface area contributed by atoms with Gasteiger partial charge >= 0.3 is 0 Å². The van der Waals surface area contributed by atoms with Gasteiger partial charge in [0.05, 0.1) is 11.1 Å². The second-order valence-electron chi connectivity index (χ2n) is 6.16. The molecule has 132 valence electrons. The van der Waals surface area contributed by atoms with Gasteiger partial charge in [0.2, 0.25) is 0 Å². The molecule has 4 rings (SSSR count). The van der Waals surface area contributed by atoms with Gasteiger partial charge in [0.25, 0.3) is 5.56 Å². The highest BCUT2D eigenvalue weighted by molar-refractivity contribution is 6.04. The summed E-state index contributed by atoms with van der Waals surface area (Å²) in [5.41, 5.74) is 0.871. The highest BCUT2D eigenvalue weighted by Gasteiger charge is 2.23. The largest absolute Gasteiger partial charge is 0.506 e. The minimum Gasteiger partial charge on any atom is -0.506 e. The third-order valence-electron chi connectivity index (χ3n) is 4.41. The molecule has 0 atom stereocenters. The Bertz CT molecular complexity index is 1180. The van der Waals surface area contributed by atoms with Crippen LogP contribution in [0.2, 0.25) is 0 Å². The van der Waals surface area contributed by atoms with Crippen molar-refractivity contribution in [3.63, 3.8) is 0 Å². The molecule has 4 aromatic rings. The first kappa shape index (κ1) is 16.7.